The molecule has 3 unspecified atom stereocenters. The van der Waals surface area contributed by atoms with Crippen molar-refractivity contribution in [1.29, 1.82) is 0 Å². The van der Waals surface area contributed by atoms with Gasteiger partial charge in [0.2, 0.25) is 17.7 Å². The van der Waals surface area contributed by atoms with E-state index in [9.17, 15) is 29.1 Å². The van der Waals surface area contributed by atoms with Crippen molar-refractivity contribution in [2.24, 2.45) is 11.7 Å². The SMILES string of the molecule is CC(C)CC(NC(=O)C(CO)NC(=O)CN)C(=O)NC(CCC(=O)O)C(=O)O. The smallest absolute Gasteiger partial charge is 0.326 e. The summed E-state index contributed by atoms with van der Waals surface area (Å²) >= 11 is 0. The van der Waals surface area contributed by atoms with E-state index in [1.165, 1.54) is 0 Å². The van der Waals surface area contributed by atoms with Crippen LogP contribution in [-0.4, -0.2) is 76.3 Å². The van der Waals surface area contributed by atoms with Crippen molar-refractivity contribution in [3.8, 4) is 0 Å². The van der Waals surface area contributed by atoms with Gasteiger partial charge in [0.15, 0.2) is 0 Å². The number of aliphatic hydroxyl groups excluding tert-OH is 1. The zero-order valence-electron chi connectivity index (χ0n) is 15.8. The first-order valence-corrected chi connectivity index (χ1v) is 8.67. The fraction of sp³-hybridized carbons (Fsp3) is 0.688. The molecule has 12 heteroatoms. The van der Waals surface area contributed by atoms with Crippen molar-refractivity contribution in [3.05, 3.63) is 0 Å². The molecular formula is C16H28N4O8. The molecule has 0 aromatic carbocycles. The minimum Gasteiger partial charge on any atom is -0.481 e. The van der Waals surface area contributed by atoms with Crippen LogP contribution in [-0.2, 0) is 24.0 Å². The summed E-state index contributed by atoms with van der Waals surface area (Å²) < 4.78 is 0. The van der Waals surface area contributed by atoms with Crippen LogP contribution in [0.4, 0.5) is 0 Å². The molecule has 0 radical (unpaired) electrons. The molecule has 3 amide bonds. The van der Waals surface area contributed by atoms with Crippen molar-refractivity contribution in [2.45, 2.75) is 51.2 Å². The number of rotatable bonds is 13. The zero-order valence-corrected chi connectivity index (χ0v) is 15.8. The summed E-state index contributed by atoms with van der Waals surface area (Å²) in [4.78, 5) is 57.9. The van der Waals surface area contributed by atoms with Gasteiger partial charge < -0.3 is 37.0 Å². The number of hydrogen-bond donors (Lipinski definition) is 7. The molecule has 0 aliphatic heterocycles. The minimum atomic E-state index is -1.44. The highest BCUT2D eigenvalue weighted by atomic mass is 16.4. The zero-order chi connectivity index (χ0) is 21.9. The second-order valence-corrected chi connectivity index (χ2v) is 6.53. The van der Waals surface area contributed by atoms with Gasteiger partial charge in [0.25, 0.3) is 0 Å². The first-order chi connectivity index (χ1) is 13.0. The van der Waals surface area contributed by atoms with Gasteiger partial charge in [-0.1, -0.05) is 13.8 Å². The van der Waals surface area contributed by atoms with E-state index in [0.29, 0.717) is 0 Å². The first kappa shape index (κ1) is 25.3. The lowest BCUT2D eigenvalue weighted by atomic mass is 10.0. The summed E-state index contributed by atoms with van der Waals surface area (Å²) in [5.74, 6) is -5.03. The van der Waals surface area contributed by atoms with Crippen LogP contribution >= 0.6 is 0 Å². The normalized spacial score (nSPS) is 13.9. The van der Waals surface area contributed by atoms with Gasteiger partial charge in [-0.2, -0.15) is 0 Å². The number of nitrogens with one attached hydrogen (secondary N) is 3. The van der Waals surface area contributed by atoms with Gasteiger partial charge in [-0.3, -0.25) is 19.2 Å². The molecule has 0 rings (SSSR count). The van der Waals surface area contributed by atoms with Crippen LogP contribution in [0.25, 0.3) is 0 Å². The van der Waals surface area contributed by atoms with E-state index in [1.807, 2.05) is 0 Å². The summed E-state index contributed by atoms with van der Waals surface area (Å²) in [6.45, 7) is 2.41. The maximum absolute atomic E-state index is 12.5. The Bertz CT molecular complexity index is 581. The van der Waals surface area contributed by atoms with Crippen molar-refractivity contribution >= 4 is 29.7 Å². The van der Waals surface area contributed by atoms with Crippen molar-refractivity contribution in [2.75, 3.05) is 13.2 Å². The summed E-state index contributed by atoms with van der Waals surface area (Å²) in [7, 11) is 0. The van der Waals surface area contributed by atoms with Crippen LogP contribution in [0.2, 0.25) is 0 Å². The van der Waals surface area contributed by atoms with Crippen LogP contribution in [0.3, 0.4) is 0 Å². The highest BCUT2D eigenvalue weighted by Crippen LogP contribution is 2.07. The summed E-state index contributed by atoms with van der Waals surface area (Å²) in [5, 5.41) is 33.8. The standard InChI is InChI=1S/C16H28N4O8/c1-8(2)5-10(20-15(26)11(7-21)18-12(22)6-17)14(25)19-9(16(27)28)3-4-13(23)24/h8-11,21H,3-7,17H2,1-2H3,(H,18,22)(H,19,25)(H,20,26)(H,23,24)(H,27,28). The Balaban J connectivity index is 5.18. The monoisotopic (exact) mass is 404 g/mol. The van der Waals surface area contributed by atoms with Gasteiger partial charge >= 0.3 is 11.9 Å². The Morgan fingerprint density at radius 2 is 1.43 bits per heavy atom. The van der Waals surface area contributed by atoms with Gasteiger partial charge in [-0.05, 0) is 18.8 Å². The topological polar surface area (TPSA) is 208 Å². The number of amides is 3. The number of carboxylic acid groups (broad SMARTS) is 2. The number of carbonyl (C=O) groups excluding carboxylic acids is 3. The van der Waals surface area contributed by atoms with Crippen LogP contribution in [0.15, 0.2) is 0 Å². The molecule has 0 heterocycles. The molecule has 0 spiro atoms. The summed E-state index contributed by atoms with van der Waals surface area (Å²) in [5.41, 5.74) is 5.14. The molecule has 0 aliphatic rings. The van der Waals surface area contributed by atoms with Gasteiger partial charge in [0.05, 0.1) is 13.2 Å². The highest BCUT2D eigenvalue weighted by Gasteiger charge is 2.29. The molecule has 0 aliphatic carbocycles. The number of carboxylic acids is 2. The summed E-state index contributed by atoms with van der Waals surface area (Å²) in [6.07, 6.45) is -0.646. The number of hydrogen-bond acceptors (Lipinski definition) is 7. The van der Waals surface area contributed by atoms with Crippen molar-refractivity contribution < 1.29 is 39.3 Å². The third-order valence-electron chi connectivity index (χ3n) is 3.62. The second kappa shape index (κ2) is 12.6. The molecule has 160 valence electrons. The largest absolute Gasteiger partial charge is 0.481 e. The number of nitrogens with two attached hydrogens (primary N) is 1. The third kappa shape index (κ3) is 9.83. The fourth-order valence-corrected chi connectivity index (χ4v) is 2.22. The second-order valence-electron chi connectivity index (χ2n) is 6.53. The third-order valence-corrected chi connectivity index (χ3v) is 3.62. The van der Waals surface area contributed by atoms with Crippen molar-refractivity contribution in [1.82, 2.24) is 16.0 Å². The predicted molar refractivity (Wildman–Crippen MR) is 95.9 cm³/mol. The first-order valence-electron chi connectivity index (χ1n) is 8.67. The molecule has 0 aromatic rings. The van der Waals surface area contributed by atoms with Crippen molar-refractivity contribution in [3.63, 3.8) is 0 Å². The Morgan fingerprint density at radius 3 is 1.86 bits per heavy atom. The molecule has 8 N–H and O–H groups in total. The van der Waals surface area contributed by atoms with E-state index in [-0.39, 0.29) is 18.8 Å². The van der Waals surface area contributed by atoms with Gasteiger partial charge in [0.1, 0.15) is 18.1 Å². The lowest BCUT2D eigenvalue weighted by Gasteiger charge is -2.24. The van der Waals surface area contributed by atoms with E-state index in [2.05, 4.69) is 16.0 Å². The van der Waals surface area contributed by atoms with Crippen LogP contribution in [0, 0.1) is 5.92 Å². The highest BCUT2D eigenvalue weighted by molar-refractivity contribution is 5.93. The van der Waals surface area contributed by atoms with E-state index < -0.39 is 67.4 Å². The Labute approximate surface area is 161 Å². The molecule has 0 fully saturated rings. The Kier molecular flexibility index (Phi) is 11.4. The van der Waals surface area contributed by atoms with E-state index in [0.717, 1.165) is 0 Å². The molecular weight excluding hydrogens is 376 g/mol. The fourth-order valence-electron chi connectivity index (χ4n) is 2.22. The van der Waals surface area contributed by atoms with Crippen LogP contribution in [0.5, 0.6) is 0 Å². The molecule has 0 saturated carbocycles. The maximum Gasteiger partial charge on any atom is 0.326 e. The Morgan fingerprint density at radius 1 is 0.893 bits per heavy atom. The van der Waals surface area contributed by atoms with Gasteiger partial charge in [-0.15, -0.1) is 0 Å². The number of carbonyl (C=O) groups is 5. The molecule has 28 heavy (non-hydrogen) atoms. The number of aliphatic hydroxyl groups is 1. The minimum absolute atomic E-state index is 0.0652. The van der Waals surface area contributed by atoms with E-state index in [1.54, 1.807) is 13.8 Å². The molecule has 0 bridgehead atoms. The molecule has 0 aromatic heterocycles. The van der Waals surface area contributed by atoms with E-state index >= 15 is 0 Å². The average molecular weight is 404 g/mol. The lowest BCUT2D eigenvalue weighted by molar-refractivity contribution is -0.143. The summed E-state index contributed by atoms with van der Waals surface area (Å²) in [6, 6.07) is -3.93. The molecule has 0 saturated heterocycles. The quantitative estimate of drug-likeness (QED) is 0.171. The van der Waals surface area contributed by atoms with Crippen LogP contribution in [0.1, 0.15) is 33.1 Å². The lowest BCUT2D eigenvalue weighted by Crippen LogP contribution is -2.57. The van der Waals surface area contributed by atoms with Gasteiger partial charge in [-0.25, -0.2) is 4.79 Å². The average Bonchev–Trinajstić information content (AvgIpc) is 2.60. The Hall–Kier alpha value is -2.73. The number of aliphatic carboxylic acids is 2. The van der Waals surface area contributed by atoms with E-state index in [4.69, 9.17) is 15.9 Å². The molecule has 12 nitrogen and oxygen atoms in total. The van der Waals surface area contributed by atoms with Gasteiger partial charge in [0, 0.05) is 6.42 Å². The predicted octanol–water partition coefficient (Wildman–Crippen LogP) is -2.61. The van der Waals surface area contributed by atoms with Crippen LogP contribution < -0.4 is 21.7 Å². The maximum atomic E-state index is 12.5. The molecule has 3 atom stereocenters.